The third-order valence-corrected chi connectivity index (χ3v) is 3.36. The number of nitrogens with one attached hydrogen (secondary N) is 1. The molecule has 1 aromatic rings. The van der Waals surface area contributed by atoms with Gasteiger partial charge < -0.3 is 9.73 Å². The highest BCUT2D eigenvalue weighted by Gasteiger charge is 2.20. The maximum atomic E-state index is 5.85. The van der Waals surface area contributed by atoms with Gasteiger partial charge in [-0.2, -0.15) is 0 Å². The van der Waals surface area contributed by atoms with Gasteiger partial charge in [-0.3, -0.25) is 0 Å². The van der Waals surface area contributed by atoms with Crippen LogP contribution in [0.1, 0.15) is 83.5 Å². The Balaban J connectivity index is 2.70. The van der Waals surface area contributed by atoms with E-state index in [0.717, 1.165) is 37.6 Å². The van der Waals surface area contributed by atoms with Crippen molar-refractivity contribution < 1.29 is 4.42 Å². The molecule has 0 aliphatic carbocycles. The van der Waals surface area contributed by atoms with Crippen molar-refractivity contribution in [2.24, 2.45) is 0 Å². The van der Waals surface area contributed by atoms with Crippen molar-refractivity contribution in [3.05, 3.63) is 11.8 Å². The summed E-state index contributed by atoms with van der Waals surface area (Å²) < 4.78 is 5.85. The maximum absolute atomic E-state index is 5.85. The SMILES string of the molecule is CCCCC(CC)c1nnc(C(CC)NCC)o1. The second kappa shape index (κ2) is 8.25. The summed E-state index contributed by atoms with van der Waals surface area (Å²) in [5.74, 6) is 1.98. The lowest BCUT2D eigenvalue weighted by molar-refractivity contribution is 0.351. The topological polar surface area (TPSA) is 51.0 Å². The molecule has 4 heteroatoms. The van der Waals surface area contributed by atoms with Crippen molar-refractivity contribution in [2.75, 3.05) is 6.54 Å². The van der Waals surface area contributed by atoms with E-state index in [4.69, 9.17) is 4.42 Å². The van der Waals surface area contributed by atoms with E-state index in [-0.39, 0.29) is 6.04 Å². The third kappa shape index (κ3) is 4.09. The number of rotatable bonds is 9. The van der Waals surface area contributed by atoms with Gasteiger partial charge in [0.25, 0.3) is 0 Å². The first-order valence-electron chi connectivity index (χ1n) is 7.33. The molecule has 0 fully saturated rings. The zero-order valence-corrected chi connectivity index (χ0v) is 12.2. The van der Waals surface area contributed by atoms with Gasteiger partial charge in [0.1, 0.15) is 0 Å². The molecule has 1 N–H and O–H groups in total. The zero-order chi connectivity index (χ0) is 13.4. The molecule has 0 aliphatic heterocycles. The lowest BCUT2D eigenvalue weighted by atomic mass is 9.99. The van der Waals surface area contributed by atoms with Crippen LogP contribution in [0, 0.1) is 0 Å². The second-order valence-electron chi connectivity index (χ2n) is 4.74. The van der Waals surface area contributed by atoms with E-state index in [1.165, 1.54) is 12.8 Å². The van der Waals surface area contributed by atoms with Crippen LogP contribution in [0.2, 0.25) is 0 Å². The number of nitrogens with zero attached hydrogens (tertiary/aromatic N) is 2. The van der Waals surface area contributed by atoms with Crippen LogP contribution in [-0.2, 0) is 0 Å². The van der Waals surface area contributed by atoms with Gasteiger partial charge in [0, 0.05) is 5.92 Å². The molecule has 1 aromatic heterocycles. The number of hydrogen-bond acceptors (Lipinski definition) is 4. The van der Waals surface area contributed by atoms with Crippen LogP contribution in [0.5, 0.6) is 0 Å². The summed E-state index contributed by atoms with van der Waals surface area (Å²) in [7, 11) is 0. The summed E-state index contributed by atoms with van der Waals surface area (Å²) >= 11 is 0. The Kier molecular flexibility index (Phi) is 6.94. The second-order valence-corrected chi connectivity index (χ2v) is 4.74. The molecular weight excluding hydrogens is 226 g/mol. The van der Waals surface area contributed by atoms with Gasteiger partial charge in [0.05, 0.1) is 6.04 Å². The molecule has 4 nitrogen and oxygen atoms in total. The Hall–Kier alpha value is -0.900. The molecule has 18 heavy (non-hydrogen) atoms. The average molecular weight is 253 g/mol. The standard InChI is InChI=1S/C14H27N3O/c1-5-9-10-11(6-2)13-16-17-14(18-13)12(7-3)15-8-4/h11-12,15H,5-10H2,1-4H3. The van der Waals surface area contributed by atoms with E-state index in [9.17, 15) is 0 Å². The van der Waals surface area contributed by atoms with Gasteiger partial charge in [-0.05, 0) is 25.8 Å². The normalized spacial score (nSPS) is 14.7. The van der Waals surface area contributed by atoms with Crippen molar-refractivity contribution in [1.82, 2.24) is 15.5 Å². The van der Waals surface area contributed by atoms with Gasteiger partial charge in [0.2, 0.25) is 11.8 Å². The molecule has 0 amide bonds. The van der Waals surface area contributed by atoms with Gasteiger partial charge >= 0.3 is 0 Å². The molecule has 0 spiro atoms. The van der Waals surface area contributed by atoms with Gasteiger partial charge in [-0.15, -0.1) is 10.2 Å². The van der Waals surface area contributed by atoms with Gasteiger partial charge in [-0.25, -0.2) is 0 Å². The van der Waals surface area contributed by atoms with Crippen LogP contribution >= 0.6 is 0 Å². The first-order valence-corrected chi connectivity index (χ1v) is 7.33. The quantitative estimate of drug-likeness (QED) is 0.727. The minimum atomic E-state index is 0.194. The van der Waals surface area contributed by atoms with Crippen molar-refractivity contribution in [2.45, 2.75) is 71.8 Å². The Bertz CT molecular complexity index is 325. The molecule has 2 unspecified atom stereocenters. The predicted octanol–water partition coefficient (Wildman–Crippen LogP) is 3.81. The Labute approximate surface area is 111 Å². The summed E-state index contributed by atoms with van der Waals surface area (Å²) in [4.78, 5) is 0. The molecule has 0 aliphatic rings. The minimum absolute atomic E-state index is 0.194. The highest BCUT2D eigenvalue weighted by Crippen LogP contribution is 2.26. The zero-order valence-electron chi connectivity index (χ0n) is 12.2. The predicted molar refractivity (Wildman–Crippen MR) is 73.6 cm³/mol. The fourth-order valence-corrected chi connectivity index (χ4v) is 2.16. The molecule has 0 aromatic carbocycles. The van der Waals surface area contributed by atoms with Crippen molar-refractivity contribution in [3.8, 4) is 0 Å². The van der Waals surface area contributed by atoms with Crippen LogP contribution in [0.3, 0.4) is 0 Å². The van der Waals surface area contributed by atoms with E-state index in [1.54, 1.807) is 0 Å². The Morgan fingerprint density at radius 3 is 2.33 bits per heavy atom. The first-order chi connectivity index (χ1) is 8.76. The maximum Gasteiger partial charge on any atom is 0.233 e. The van der Waals surface area contributed by atoms with Crippen molar-refractivity contribution in [3.63, 3.8) is 0 Å². The number of unbranched alkanes of at least 4 members (excludes halogenated alkanes) is 1. The third-order valence-electron chi connectivity index (χ3n) is 3.36. The molecule has 0 saturated carbocycles. The lowest BCUT2D eigenvalue weighted by Crippen LogP contribution is -2.20. The molecule has 0 radical (unpaired) electrons. The number of hydrogen-bond donors (Lipinski definition) is 1. The molecule has 0 bridgehead atoms. The van der Waals surface area contributed by atoms with E-state index in [2.05, 4.69) is 43.2 Å². The first kappa shape index (κ1) is 15.2. The highest BCUT2D eigenvalue weighted by molar-refractivity contribution is 4.94. The molecule has 2 atom stereocenters. The van der Waals surface area contributed by atoms with Crippen LogP contribution in [0.4, 0.5) is 0 Å². The lowest BCUT2D eigenvalue weighted by Gasteiger charge is -2.11. The fraction of sp³-hybridized carbons (Fsp3) is 0.857. The Morgan fingerprint density at radius 2 is 1.78 bits per heavy atom. The van der Waals surface area contributed by atoms with Crippen LogP contribution in [0.25, 0.3) is 0 Å². The van der Waals surface area contributed by atoms with E-state index in [1.807, 2.05) is 0 Å². The minimum Gasteiger partial charge on any atom is -0.423 e. The van der Waals surface area contributed by atoms with Gasteiger partial charge in [-0.1, -0.05) is 40.5 Å². The summed E-state index contributed by atoms with van der Waals surface area (Å²) in [5.41, 5.74) is 0. The van der Waals surface area contributed by atoms with Crippen LogP contribution in [-0.4, -0.2) is 16.7 Å². The summed E-state index contributed by atoms with van der Waals surface area (Å²) in [6.07, 6.45) is 5.63. The molecule has 0 saturated heterocycles. The molecular formula is C14H27N3O. The summed E-state index contributed by atoms with van der Waals surface area (Å²) in [6, 6.07) is 0.194. The smallest absolute Gasteiger partial charge is 0.233 e. The summed E-state index contributed by atoms with van der Waals surface area (Å²) in [5, 5.41) is 11.8. The van der Waals surface area contributed by atoms with E-state index < -0.39 is 0 Å². The van der Waals surface area contributed by atoms with E-state index >= 15 is 0 Å². The van der Waals surface area contributed by atoms with Crippen LogP contribution < -0.4 is 5.32 Å². The number of aromatic nitrogens is 2. The van der Waals surface area contributed by atoms with Crippen LogP contribution in [0.15, 0.2) is 4.42 Å². The molecule has 1 heterocycles. The molecule has 1 rings (SSSR count). The van der Waals surface area contributed by atoms with Crippen molar-refractivity contribution in [1.29, 1.82) is 0 Å². The van der Waals surface area contributed by atoms with Crippen molar-refractivity contribution >= 4 is 0 Å². The van der Waals surface area contributed by atoms with Gasteiger partial charge in [0.15, 0.2) is 0 Å². The Morgan fingerprint density at radius 1 is 1.06 bits per heavy atom. The monoisotopic (exact) mass is 253 g/mol. The van der Waals surface area contributed by atoms with E-state index in [0.29, 0.717) is 5.92 Å². The fourth-order valence-electron chi connectivity index (χ4n) is 2.16. The molecule has 104 valence electrons. The largest absolute Gasteiger partial charge is 0.423 e. The highest BCUT2D eigenvalue weighted by atomic mass is 16.4. The summed E-state index contributed by atoms with van der Waals surface area (Å²) in [6.45, 7) is 9.54. The average Bonchev–Trinajstić information content (AvgIpc) is 2.86.